The van der Waals surface area contributed by atoms with Crippen LogP contribution in [-0.2, 0) is 4.79 Å². The van der Waals surface area contributed by atoms with Gasteiger partial charge < -0.3 is 16.0 Å². The van der Waals surface area contributed by atoms with E-state index in [4.69, 9.17) is 5.73 Å². The summed E-state index contributed by atoms with van der Waals surface area (Å²) in [7, 11) is 0. The highest BCUT2D eigenvalue weighted by Gasteiger charge is 2.18. The van der Waals surface area contributed by atoms with E-state index in [1.165, 1.54) is 17.8 Å². The molecule has 6 heteroatoms. The van der Waals surface area contributed by atoms with E-state index < -0.39 is 0 Å². The van der Waals surface area contributed by atoms with Gasteiger partial charge in [-0.15, -0.1) is 11.3 Å². The van der Waals surface area contributed by atoms with Crippen molar-refractivity contribution >= 4 is 23.2 Å². The van der Waals surface area contributed by atoms with Gasteiger partial charge in [0.05, 0.1) is 13.1 Å². The van der Waals surface area contributed by atoms with Crippen molar-refractivity contribution in [1.82, 2.24) is 10.2 Å². The number of nitrogens with one attached hydrogen (secondary N) is 1. The lowest BCUT2D eigenvalue weighted by atomic mass is 10.1. The Morgan fingerprint density at radius 3 is 2.81 bits per heavy atom. The van der Waals surface area contributed by atoms with E-state index in [9.17, 15) is 9.59 Å². The fourth-order valence-electron chi connectivity index (χ4n) is 2.22. The van der Waals surface area contributed by atoms with E-state index >= 15 is 0 Å². The molecule has 0 radical (unpaired) electrons. The molecule has 2 amide bonds. The first-order valence-corrected chi connectivity index (χ1v) is 7.92. The molecule has 0 unspecified atom stereocenters. The lowest BCUT2D eigenvalue weighted by Crippen LogP contribution is -2.42. The summed E-state index contributed by atoms with van der Waals surface area (Å²) in [6.45, 7) is 1.88. The van der Waals surface area contributed by atoms with Crippen LogP contribution in [0.5, 0.6) is 0 Å². The Hall–Kier alpha value is -1.84. The highest BCUT2D eigenvalue weighted by atomic mass is 32.1. The van der Waals surface area contributed by atoms with Crippen molar-refractivity contribution in [2.45, 2.75) is 19.3 Å². The summed E-state index contributed by atoms with van der Waals surface area (Å²) in [4.78, 5) is 26.4. The summed E-state index contributed by atoms with van der Waals surface area (Å²) in [6.07, 6.45) is 3.27. The molecule has 0 atom stereocenters. The van der Waals surface area contributed by atoms with Gasteiger partial charge >= 0.3 is 0 Å². The van der Waals surface area contributed by atoms with E-state index in [0.717, 1.165) is 25.9 Å². The van der Waals surface area contributed by atoms with E-state index in [1.807, 2.05) is 10.3 Å². The highest BCUT2D eigenvalue weighted by molar-refractivity contribution is 7.12. The summed E-state index contributed by atoms with van der Waals surface area (Å²) in [5.41, 5.74) is 5.99. The zero-order chi connectivity index (χ0) is 15.1. The normalized spacial score (nSPS) is 14.2. The van der Waals surface area contributed by atoms with Gasteiger partial charge in [-0.25, -0.2) is 0 Å². The molecule has 1 fully saturated rings. The first kappa shape index (κ1) is 15.5. The third-order valence-corrected chi connectivity index (χ3v) is 4.22. The van der Waals surface area contributed by atoms with Gasteiger partial charge in [-0.3, -0.25) is 9.59 Å². The molecule has 112 valence electrons. The number of amides is 2. The predicted molar refractivity (Wildman–Crippen MR) is 83.0 cm³/mol. The molecule has 1 aromatic heterocycles. The maximum Gasteiger partial charge on any atom is 0.263 e. The molecule has 1 aliphatic rings. The molecule has 21 heavy (non-hydrogen) atoms. The molecule has 2 rings (SSSR count). The van der Waals surface area contributed by atoms with Gasteiger partial charge in [0.15, 0.2) is 0 Å². The zero-order valence-corrected chi connectivity index (χ0v) is 12.7. The van der Waals surface area contributed by atoms with Crippen molar-refractivity contribution in [3.8, 4) is 11.8 Å². The molecule has 0 saturated carbocycles. The number of thiophene rings is 1. The molecule has 1 aromatic rings. The van der Waals surface area contributed by atoms with Crippen molar-refractivity contribution in [2.24, 2.45) is 5.73 Å². The fourth-order valence-corrected chi connectivity index (χ4v) is 2.99. The Bertz CT molecular complexity index is 565. The number of carbonyl (C=O) groups excluding carboxylic acids is 2. The van der Waals surface area contributed by atoms with Gasteiger partial charge in [-0.2, -0.15) is 0 Å². The standard InChI is InChI=1S/C15H19N3O2S/c16-7-4-5-12-6-10-21-14(12)15(20)17-11-13(19)18-8-2-1-3-9-18/h6,10H,1-3,7-9,11,16H2,(H,17,20). The molecule has 0 aliphatic carbocycles. The SMILES string of the molecule is NCC#Cc1ccsc1C(=O)NCC(=O)N1CCCCC1. The average molecular weight is 305 g/mol. The quantitative estimate of drug-likeness (QED) is 0.811. The van der Waals surface area contributed by atoms with Gasteiger partial charge in [0, 0.05) is 18.7 Å². The Balaban J connectivity index is 1.89. The minimum absolute atomic E-state index is 0.0193. The third kappa shape index (κ3) is 4.31. The molecule has 1 saturated heterocycles. The van der Waals surface area contributed by atoms with Gasteiger partial charge in [-0.1, -0.05) is 11.8 Å². The maximum atomic E-state index is 12.1. The molecular formula is C15H19N3O2S. The van der Waals surface area contributed by atoms with E-state index in [-0.39, 0.29) is 24.9 Å². The van der Waals surface area contributed by atoms with Crippen LogP contribution in [0.1, 0.15) is 34.5 Å². The Morgan fingerprint density at radius 1 is 1.33 bits per heavy atom. The lowest BCUT2D eigenvalue weighted by molar-refractivity contribution is -0.130. The summed E-state index contributed by atoms with van der Waals surface area (Å²) >= 11 is 1.32. The minimum atomic E-state index is -0.253. The molecular weight excluding hydrogens is 286 g/mol. The Kier molecular flexibility index (Phi) is 5.78. The number of rotatable bonds is 3. The van der Waals surface area contributed by atoms with E-state index in [2.05, 4.69) is 17.2 Å². The Morgan fingerprint density at radius 2 is 2.10 bits per heavy atom. The third-order valence-electron chi connectivity index (χ3n) is 3.31. The van der Waals surface area contributed by atoms with Crippen LogP contribution in [0.2, 0.25) is 0 Å². The van der Waals surface area contributed by atoms with Crippen molar-refractivity contribution in [3.63, 3.8) is 0 Å². The molecule has 1 aliphatic heterocycles. The minimum Gasteiger partial charge on any atom is -0.342 e. The number of nitrogens with two attached hydrogens (primary N) is 1. The van der Waals surface area contributed by atoms with Crippen LogP contribution in [0, 0.1) is 11.8 Å². The van der Waals surface area contributed by atoms with Crippen LogP contribution in [0.15, 0.2) is 11.4 Å². The van der Waals surface area contributed by atoms with Crippen LogP contribution in [0.3, 0.4) is 0 Å². The largest absolute Gasteiger partial charge is 0.342 e. The monoisotopic (exact) mass is 305 g/mol. The second-order valence-corrected chi connectivity index (χ2v) is 5.71. The molecule has 2 heterocycles. The van der Waals surface area contributed by atoms with Crippen LogP contribution >= 0.6 is 11.3 Å². The average Bonchev–Trinajstić information content (AvgIpc) is 2.99. The fraction of sp³-hybridized carbons (Fsp3) is 0.467. The summed E-state index contributed by atoms with van der Waals surface area (Å²) in [6, 6.07) is 1.79. The summed E-state index contributed by atoms with van der Waals surface area (Å²) in [5, 5.41) is 4.49. The number of nitrogens with zero attached hydrogens (tertiary/aromatic N) is 1. The highest BCUT2D eigenvalue weighted by Crippen LogP contribution is 2.15. The number of likely N-dealkylation sites (tertiary alicyclic amines) is 1. The number of piperidine rings is 1. The van der Waals surface area contributed by atoms with Gasteiger partial charge in [-0.05, 0) is 30.7 Å². The van der Waals surface area contributed by atoms with Crippen LogP contribution in [0.25, 0.3) is 0 Å². The topological polar surface area (TPSA) is 75.4 Å². The second-order valence-electron chi connectivity index (χ2n) is 4.79. The van der Waals surface area contributed by atoms with Crippen molar-refractivity contribution < 1.29 is 9.59 Å². The van der Waals surface area contributed by atoms with E-state index in [1.54, 1.807) is 6.07 Å². The maximum absolute atomic E-state index is 12.1. The van der Waals surface area contributed by atoms with Crippen molar-refractivity contribution in [1.29, 1.82) is 0 Å². The smallest absolute Gasteiger partial charge is 0.263 e. The molecule has 3 N–H and O–H groups in total. The Labute approximate surface area is 128 Å². The van der Waals surface area contributed by atoms with Crippen LogP contribution in [-0.4, -0.2) is 42.9 Å². The van der Waals surface area contributed by atoms with Gasteiger partial charge in [0.2, 0.25) is 5.91 Å². The van der Waals surface area contributed by atoms with E-state index in [0.29, 0.717) is 10.4 Å². The van der Waals surface area contributed by atoms with Crippen LogP contribution in [0.4, 0.5) is 0 Å². The molecule has 0 aromatic carbocycles. The van der Waals surface area contributed by atoms with Gasteiger partial charge in [0.25, 0.3) is 5.91 Å². The lowest BCUT2D eigenvalue weighted by Gasteiger charge is -2.26. The molecule has 0 spiro atoms. The first-order valence-electron chi connectivity index (χ1n) is 7.05. The number of carbonyl (C=O) groups is 2. The molecule has 5 nitrogen and oxygen atoms in total. The second kappa shape index (κ2) is 7.81. The number of hydrogen-bond acceptors (Lipinski definition) is 4. The first-order chi connectivity index (χ1) is 10.2. The predicted octanol–water partition coefficient (Wildman–Crippen LogP) is 0.801. The zero-order valence-electron chi connectivity index (χ0n) is 11.9. The number of hydrogen-bond donors (Lipinski definition) is 2. The summed E-state index contributed by atoms with van der Waals surface area (Å²) < 4.78 is 0. The van der Waals surface area contributed by atoms with Crippen molar-refractivity contribution in [3.05, 3.63) is 21.9 Å². The van der Waals surface area contributed by atoms with Crippen LogP contribution < -0.4 is 11.1 Å². The van der Waals surface area contributed by atoms with Gasteiger partial charge in [0.1, 0.15) is 4.88 Å². The molecule has 0 bridgehead atoms. The summed E-state index contributed by atoms with van der Waals surface area (Å²) in [5.74, 6) is 5.32. The van der Waals surface area contributed by atoms with Crippen molar-refractivity contribution in [2.75, 3.05) is 26.2 Å².